The minimum Gasteiger partial charge on any atom is -0.466 e. The van der Waals surface area contributed by atoms with Crippen molar-refractivity contribution in [2.45, 2.75) is 6.04 Å². The zero-order chi connectivity index (χ0) is 13.9. The smallest absolute Gasteiger partial charge is 0.141 e. The summed E-state index contributed by atoms with van der Waals surface area (Å²) in [6.07, 6.45) is 3.61. The van der Waals surface area contributed by atoms with Gasteiger partial charge in [-0.15, -0.1) is 0 Å². The van der Waals surface area contributed by atoms with Gasteiger partial charge in [0.1, 0.15) is 11.8 Å². The highest BCUT2D eigenvalue weighted by Crippen LogP contribution is 2.28. The van der Waals surface area contributed by atoms with E-state index in [1.165, 1.54) is 0 Å². The number of halogens is 1. The summed E-state index contributed by atoms with van der Waals surface area (Å²) in [6.45, 7) is 0. The van der Waals surface area contributed by atoms with E-state index in [1.807, 2.05) is 60.4 Å². The largest absolute Gasteiger partial charge is 0.466 e. The molecule has 2 heterocycles. The lowest BCUT2D eigenvalue weighted by atomic mass is 10.1. The molecule has 0 amide bonds. The lowest BCUT2D eigenvalue weighted by molar-refractivity contribution is 0.455. The Bertz CT molecular complexity index is 690. The third-order valence-corrected chi connectivity index (χ3v) is 3.78. The van der Waals surface area contributed by atoms with Crippen LogP contribution in [0.5, 0.6) is 0 Å². The first-order valence-corrected chi connectivity index (χ1v) is 7.10. The lowest BCUT2D eigenvalue weighted by Crippen LogP contribution is -2.18. The molecule has 0 saturated carbocycles. The maximum absolute atomic E-state index is 5.53. The summed E-state index contributed by atoms with van der Waals surface area (Å²) >= 11 is 3.49. The van der Waals surface area contributed by atoms with Crippen molar-refractivity contribution in [2.75, 3.05) is 7.05 Å². The number of rotatable bonds is 4. The van der Waals surface area contributed by atoms with Gasteiger partial charge in [0.25, 0.3) is 0 Å². The van der Waals surface area contributed by atoms with Crippen molar-refractivity contribution in [1.29, 1.82) is 0 Å². The maximum atomic E-state index is 5.53. The Hall–Kier alpha value is -1.85. The number of benzene rings is 1. The summed E-state index contributed by atoms with van der Waals surface area (Å²) in [6, 6.07) is 13.8. The monoisotopic (exact) mass is 331 g/mol. The number of para-hydroxylation sites is 1. The molecule has 4 nitrogen and oxygen atoms in total. The minimum absolute atomic E-state index is 0.0793. The predicted octanol–water partition coefficient (Wildman–Crippen LogP) is 3.54. The summed E-state index contributed by atoms with van der Waals surface area (Å²) in [7, 11) is 1.89. The second kappa shape index (κ2) is 5.64. The van der Waals surface area contributed by atoms with Gasteiger partial charge < -0.3 is 9.73 Å². The van der Waals surface area contributed by atoms with Crippen LogP contribution in [0.1, 0.15) is 17.5 Å². The number of nitrogens with one attached hydrogen (secondary N) is 1. The first kappa shape index (κ1) is 13.1. The first-order chi connectivity index (χ1) is 9.79. The Morgan fingerprint density at radius 1 is 1.20 bits per heavy atom. The average molecular weight is 332 g/mol. The second-order valence-corrected chi connectivity index (χ2v) is 5.23. The van der Waals surface area contributed by atoms with E-state index < -0.39 is 0 Å². The Kier molecular flexibility index (Phi) is 3.71. The zero-order valence-electron chi connectivity index (χ0n) is 11.0. The molecule has 5 heteroatoms. The molecule has 0 aliphatic carbocycles. The van der Waals surface area contributed by atoms with E-state index in [1.54, 1.807) is 6.26 Å². The molecular weight excluding hydrogens is 318 g/mol. The summed E-state index contributed by atoms with van der Waals surface area (Å²) < 4.78 is 8.32. The van der Waals surface area contributed by atoms with Gasteiger partial charge in [-0.2, -0.15) is 5.10 Å². The highest BCUT2D eigenvalue weighted by atomic mass is 79.9. The van der Waals surface area contributed by atoms with Crippen molar-refractivity contribution >= 4 is 15.9 Å². The van der Waals surface area contributed by atoms with Gasteiger partial charge in [0.05, 0.1) is 22.1 Å². The fourth-order valence-corrected chi connectivity index (χ4v) is 2.57. The fourth-order valence-electron chi connectivity index (χ4n) is 2.14. The van der Waals surface area contributed by atoms with Crippen LogP contribution in [0.15, 0.2) is 63.8 Å². The molecule has 3 rings (SSSR count). The summed E-state index contributed by atoms with van der Waals surface area (Å²) in [4.78, 5) is 0. The molecule has 0 saturated heterocycles. The maximum Gasteiger partial charge on any atom is 0.141 e. The molecule has 1 unspecified atom stereocenters. The number of nitrogens with zero attached hydrogens (tertiary/aromatic N) is 2. The van der Waals surface area contributed by atoms with Gasteiger partial charge in [-0.1, -0.05) is 18.2 Å². The van der Waals surface area contributed by atoms with E-state index in [-0.39, 0.29) is 6.04 Å². The molecular formula is C15H14BrN3O. The predicted molar refractivity (Wildman–Crippen MR) is 80.9 cm³/mol. The zero-order valence-corrected chi connectivity index (χ0v) is 12.5. The van der Waals surface area contributed by atoms with E-state index in [2.05, 4.69) is 26.3 Å². The van der Waals surface area contributed by atoms with Gasteiger partial charge in [-0.05, 0) is 47.2 Å². The summed E-state index contributed by atoms with van der Waals surface area (Å²) in [5.74, 6) is 0.825. The molecule has 2 aromatic heterocycles. The van der Waals surface area contributed by atoms with Gasteiger partial charge in [0, 0.05) is 6.20 Å². The molecule has 0 aliphatic rings. The van der Waals surface area contributed by atoms with Crippen LogP contribution in [0, 0.1) is 0 Å². The standard InChI is InChI=1S/C15H14BrN3O/c1-17-14(15-12(16)8-10-20-15)13-7-9-19(18-13)11-5-3-2-4-6-11/h2-10,14,17H,1H3. The topological polar surface area (TPSA) is 43.0 Å². The van der Waals surface area contributed by atoms with Crippen molar-refractivity contribution in [3.63, 3.8) is 0 Å². The van der Waals surface area contributed by atoms with Gasteiger partial charge in [-0.3, -0.25) is 0 Å². The molecule has 3 aromatic rings. The van der Waals surface area contributed by atoms with Gasteiger partial charge in [0.15, 0.2) is 0 Å². The Morgan fingerprint density at radius 3 is 2.65 bits per heavy atom. The third kappa shape index (κ3) is 2.42. The molecule has 0 bridgehead atoms. The van der Waals surface area contributed by atoms with E-state index in [9.17, 15) is 0 Å². The molecule has 1 aromatic carbocycles. The van der Waals surface area contributed by atoms with E-state index >= 15 is 0 Å². The molecule has 0 aliphatic heterocycles. The fraction of sp³-hybridized carbons (Fsp3) is 0.133. The second-order valence-electron chi connectivity index (χ2n) is 4.38. The minimum atomic E-state index is -0.0793. The van der Waals surface area contributed by atoms with Crippen molar-refractivity contribution in [3.8, 4) is 5.69 Å². The van der Waals surface area contributed by atoms with Gasteiger partial charge in [-0.25, -0.2) is 4.68 Å². The van der Waals surface area contributed by atoms with Gasteiger partial charge in [0.2, 0.25) is 0 Å². The van der Waals surface area contributed by atoms with Crippen LogP contribution < -0.4 is 5.32 Å². The normalized spacial score (nSPS) is 12.5. The lowest BCUT2D eigenvalue weighted by Gasteiger charge is -2.11. The molecule has 1 N–H and O–H groups in total. The van der Waals surface area contributed by atoms with E-state index in [0.717, 1.165) is 21.6 Å². The summed E-state index contributed by atoms with van der Waals surface area (Å²) in [5.41, 5.74) is 1.94. The molecule has 102 valence electrons. The van der Waals surface area contributed by atoms with Crippen molar-refractivity contribution in [3.05, 3.63) is 70.9 Å². The quantitative estimate of drug-likeness (QED) is 0.795. The highest BCUT2D eigenvalue weighted by molar-refractivity contribution is 9.10. The molecule has 1 atom stereocenters. The van der Waals surface area contributed by atoms with Crippen LogP contribution in [0.25, 0.3) is 5.69 Å². The van der Waals surface area contributed by atoms with Crippen LogP contribution in [0.3, 0.4) is 0 Å². The van der Waals surface area contributed by atoms with E-state index in [0.29, 0.717) is 0 Å². The Morgan fingerprint density at radius 2 is 2.00 bits per heavy atom. The Balaban J connectivity index is 1.95. The molecule has 0 radical (unpaired) electrons. The van der Waals surface area contributed by atoms with E-state index in [4.69, 9.17) is 4.42 Å². The SMILES string of the molecule is CNC(c1ccn(-c2ccccc2)n1)c1occc1Br. The number of furan rings is 1. The van der Waals surface area contributed by atoms with Crippen LogP contribution in [0.4, 0.5) is 0 Å². The van der Waals surface area contributed by atoms with Crippen molar-refractivity contribution in [2.24, 2.45) is 0 Å². The molecule has 20 heavy (non-hydrogen) atoms. The van der Waals surface area contributed by atoms with Crippen molar-refractivity contribution < 1.29 is 4.42 Å². The summed E-state index contributed by atoms with van der Waals surface area (Å²) in [5, 5.41) is 7.85. The number of hydrogen-bond donors (Lipinski definition) is 1. The van der Waals surface area contributed by atoms with Crippen LogP contribution in [0.2, 0.25) is 0 Å². The Labute approximate surface area is 125 Å². The average Bonchev–Trinajstić information content (AvgIpc) is 3.12. The van der Waals surface area contributed by atoms with Gasteiger partial charge >= 0.3 is 0 Å². The number of aromatic nitrogens is 2. The third-order valence-electron chi connectivity index (χ3n) is 3.12. The van der Waals surface area contributed by atoms with Crippen LogP contribution in [-0.4, -0.2) is 16.8 Å². The van der Waals surface area contributed by atoms with Crippen molar-refractivity contribution in [1.82, 2.24) is 15.1 Å². The first-order valence-electron chi connectivity index (χ1n) is 6.30. The molecule has 0 spiro atoms. The van der Waals surface area contributed by atoms with Crippen LogP contribution >= 0.6 is 15.9 Å². The van der Waals surface area contributed by atoms with Crippen LogP contribution in [-0.2, 0) is 0 Å². The highest BCUT2D eigenvalue weighted by Gasteiger charge is 2.20. The number of hydrogen-bond acceptors (Lipinski definition) is 3. The molecule has 0 fully saturated rings.